The van der Waals surface area contributed by atoms with Gasteiger partial charge in [0.2, 0.25) is 21.7 Å². The molecule has 1 aromatic heterocycles. The number of hydrogen-bond donors (Lipinski definition) is 4. The number of nitrogens with zero attached hydrogens (tertiary/aromatic N) is 3. The van der Waals surface area contributed by atoms with E-state index in [-0.39, 0.29) is 41.5 Å². The fourth-order valence-corrected chi connectivity index (χ4v) is 3.38. The van der Waals surface area contributed by atoms with Crippen LogP contribution in [0, 0.1) is 5.82 Å². The summed E-state index contributed by atoms with van der Waals surface area (Å²) in [4.78, 5) is 0. The molecule has 0 bridgehead atoms. The number of hydrogen-bond acceptors (Lipinski definition) is 8. The summed E-state index contributed by atoms with van der Waals surface area (Å²) >= 11 is 0. The molecule has 0 amide bonds. The molecule has 0 aliphatic rings. The molecule has 0 atom stereocenters. The number of halogens is 1. The predicted molar refractivity (Wildman–Crippen MR) is 101 cm³/mol. The molecule has 13 heteroatoms. The summed E-state index contributed by atoms with van der Waals surface area (Å²) in [6.45, 7) is 3.46. The first kappa shape index (κ1) is 20.6. The monoisotopic (exact) mass is 398 g/mol. The summed E-state index contributed by atoms with van der Waals surface area (Å²) in [5.41, 5.74) is 0.893. The molecular weight excluding hydrogens is 378 g/mol. The van der Waals surface area contributed by atoms with E-state index < -0.39 is 10.0 Å². The van der Waals surface area contributed by atoms with Crippen LogP contribution in [-0.2, 0) is 10.0 Å². The van der Waals surface area contributed by atoms with E-state index in [1.165, 1.54) is 18.2 Å². The quantitative estimate of drug-likeness (QED) is 0.153. The largest absolute Gasteiger partial charge is 0.409 e. The van der Waals surface area contributed by atoms with Gasteiger partial charge in [-0.2, -0.15) is 0 Å². The highest BCUT2D eigenvalue weighted by Gasteiger charge is 2.19. The van der Waals surface area contributed by atoms with E-state index in [0.29, 0.717) is 11.2 Å². The Morgan fingerprint density at radius 2 is 2.15 bits per heavy atom. The van der Waals surface area contributed by atoms with Crippen LogP contribution < -0.4 is 20.8 Å². The van der Waals surface area contributed by atoms with E-state index in [9.17, 15) is 18.0 Å². The lowest BCUT2D eigenvalue weighted by Crippen LogP contribution is -2.34. The van der Waals surface area contributed by atoms with E-state index in [4.69, 9.17) is 0 Å². The van der Waals surface area contributed by atoms with Crippen molar-refractivity contribution in [3.63, 3.8) is 0 Å². The van der Waals surface area contributed by atoms with Crippen molar-refractivity contribution in [2.24, 2.45) is 5.16 Å². The van der Waals surface area contributed by atoms with Gasteiger partial charge in [0.25, 0.3) is 0 Å². The Morgan fingerprint density at radius 1 is 1.41 bits per heavy atom. The molecule has 27 heavy (non-hydrogen) atoms. The first-order valence-corrected chi connectivity index (χ1v) is 9.69. The zero-order valence-electron chi connectivity index (χ0n) is 15.0. The van der Waals surface area contributed by atoms with Crippen molar-refractivity contribution >= 4 is 40.7 Å². The summed E-state index contributed by atoms with van der Waals surface area (Å²) in [5.74, 6) is -0.584. The molecule has 0 aliphatic heterocycles. The highest BCUT2D eigenvalue weighted by Crippen LogP contribution is 2.14. The molecular formula is C14H20BFN6O4S. The molecule has 10 nitrogen and oxygen atoms in total. The Labute approximate surface area is 156 Å². The molecule has 0 spiro atoms. The third-order valence-electron chi connectivity index (χ3n) is 3.31. The summed E-state index contributed by atoms with van der Waals surface area (Å²) in [6, 6.07) is 4.03. The Hall–Kier alpha value is -2.67. The van der Waals surface area contributed by atoms with Crippen molar-refractivity contribution in [2.45, 2.75) is 19.9 Å². The second-order valence-corrected chi connectivity index (χ2v) is 7.89. The van der Waals surface area contributed by atoms with Gasteiger partial charge in [0, 0.05) is 18.3 Å². The topological polar surface area (TPSA) is 142 Å². The van der Waals surface area contributed by atoms with Crippen molar-refractivity contribution < 1.29 is 22.6 Å². The van der Waals surface area contributed by atoms with Crippen LogP contribution in [0.25, 0.3) is 0 Å². The maximum absolute atomic E-state index is 13.4. The fourth-order valence-electron chi connectivity index (χ4n) is 2.17. The zero-order chi connectivity index (χ0) is 20.0. The molecule has 0 unspecified atom stereocenters. The highest BCUT2D eigenvalue weighted by atomic mass is 32.2. The van der Waals surface area contributed by atoms with Gasteiger partial charge in [-0.15, -0.1) is 0 Å². The Morgan fingerprint density at radius 3 is 2.78 bits per heavy atom. The van der Waals surface area contributed by atoms with E-state index in [0.717, 1.165) is 0 Å². The summed E-state index contributed by atoms with van der Waals surface area (Å²) in [7, 11) is -1.86. The zero-order valence-corrected chi connectivity index (χ0v) is 15.8. The van der Waals surface area contributed by atoms with E-state index >= 15 is 0 Å². The van der Waals surface area contributed by atoms with Crippen LogP contribution in [0.15, 0.2) is 28.0 Å². The van der Waals surface area contributed by atoms with Gasteiger partial charge in [-0.1, -0.05) is 10.6 Å². The van der Waals surface area contributed by atoms with Crippen LogP contribution in [-0.4, -0.2) is 56.0 Å². The molecule has 0 radical (unpaired) electrons. The molecule has 0 saturated heterocycles. The predicted octanol–water partition coefficient (Wildman–Crippen LogP) is -0.545. The normalized spacial score (nSPS) is 12.4. The molecule has 4 N–H and O–H groups in total. The number of amidine groups is 1. The number of nitrogens with one attached hydrogen (secondary N) is 3. The molecule has 2 aromatic rings. The van der Waals surface area contributed by atoms with Crippen molar-refractivity contribution in [3.8, 4) is 0 Å². The van der Waals surface area contributed by atoms with Crippen LogP contribution >= 0.6 is 0 Å². The van der Waals surface area contributed by atoms with Gasteiger partial charge in [0.1, 0.15) is 13.7 Å². The number of oxime groups is 1. The molecule has 0 fully saturated rings. The van der Waals surface area contributed by atoms with Gasteiger partial charge in [-0.25, -0.2) is 22.2 Å². The average molecular weight is 398 g/mol. The highest BCUT2D eigenvalue weighted by molar-refractivity contribution is 7.89. The fraction of sp³-hybridized carbons (Fsp3) is 0.357. The molecule has 1 aromatic carbocycles. The minimum atomic E-state index is -3.45. The smallest absolute Gasteiger partial charge is 0.213 e. The Bertz CT molecular complexity index is 918. The lowest BCUT2D eigenvalue weighted by molar-refractivity contribution is 0.305. The second-order valence-electron chi connectivity index (χ2n) is 6.02. The molecule has 146 valence electrons. The molecule has 2 rings (SSSR count). The van der Waals surface area contributed by atoms with Crippen LogP contribution in [0.2, 0.25) is 0 Å². The van der Waals surface area contributed by atoms with Gasteiger partial charge in [-0.05, 0) is 42.4 Å². The van der Waals surface area contributed by atoms with Gasteiger partial charge in [0.15, 0.2) is 5.69 Å². The van der Waals surface area contributed by atoms with Crippen molar-refractivity contribution in [2.75, 3.05) is 22.9 Å². The van der Waals surface area contributed by atoms with E-state index in [1.807, 2.05) is 0 Å². The minimum absolute atomic E-state index is 0.0254. The number of anilines is 2. The number of sulfonamides is 1. The standard InChI is InChI=1S/C14H20BFN6O4S/c1-8(2)22-27(24,25)6-5-17-13-12(20-26-21-13)14(19-23)18-9-3-4-11(16)10(15)7-9/h3-4,7-8,22-23H,5-6,15H2,1-2H3,(H,17,21)(H,18,19). The Balaban J connectivity index is 2.06. The summed E-state index contributed by atoms with van der Waals surface area (Å²) < 4.78 is 44.1. The van der Waals surface area contributed by atoms with Gasteiger partial charge in [0.05, 0.1) is 5.75 Å². The first-order chi connectivity index (χ1) is 12.7. The molecule has 1 heterocycles. The van der Waals surface area contributed by atoms with Gasteiger partial charge >= 0.3 is 0 Å². The van der Waals surface area contributed by atoms with Crippen molar-refractivity contribution in [1.82, 2.24) is 15.0 Å². The van der Waals surface area contributed by atoms with Crippen LogP contribution in [0.4, 0.5) is 15.9 Å². The third kappa shape index (κ3) is 5.93. The molecule has 0 saturated carbocycles. The second kappa shape index (κ2) is 8.82. The molecule has 0 aliphatic carbocycles. The number of benzene rings is 1. The van der Waals surface area contributed by atoms with Crippen LogP contribution in [0.3, 0.4) is 0 Å². The van der Waals surface area contributed by atoms with Crippen LogP contribution in [0.5, 0.6) is 0 Å². The SMILES string of the molecule is Bc1cc(N/C(=N\O)c2nonc2NCCS(=O)(=O)NC(C)C)ccc1F. The van der Waals surface area contributed by atoms with Crippen LogP contribution in [0.1, 0.15) is 19.5 Å². The van der Waals surface area contributed by atoms with E-state index in [1.54, 1.807) is 21.7 Å². The summed E-state index contributed by atoms with van der Waals surface area (Å²) in [5, 5.41) is 25.2. The van der Waals surface area contributed by atoms with Gasteiger partial charge in [-0.3, -0.25) is 0 Å². The first-order valence-electron chi connectivity index (χ1n) is 8.04. The van der Waals surface area contributed by atoms with Crippen molar-refractivity contribution in [1.29, 1.82) is 0 Å². The summed E-state index contributed by atoms with van der Waals surface area (Å²) in [6.07, 6.45) is 0. The maximum Gasteiger partial charge on any atom is 0.213 e. The lowest BCUT2D eigenvalue weighted by atomic mass is 9.95. The Kier molecular flexibility index (Phi) is 6.74. The maximum atomic E-state index is 13.4. The third-order valence-corrected chi connectivity index (χ3v) is 4.88. The minimum Gasteiger partial charge on any atom is -0.409 e. The average Bonchev–Trinajstić information content (AvgIpc) is 3.02. The number of rotatable bonds is 8. The lowest BCUT2D eigenvalue weighted by Gasteiger charge is -2.10. The van der Waals surface area contributed by atoms with Gasteiger partial charge < -0.3 is 15.8 Å². The van der Waals surface area contributed by atoms with Crippen molar-refractivity contribution in [3.05, 3.63) is 29.7 Å². The number of aromatic nitrogens is 2. The van der Waals surface area contributed by atoms with E-state index in [2.05, 4.69) is 35.5 Å².